The number of rotatable bonds is 6. The summed E-state index contributed by atoms with van der Waals surface area (Å²) in [5, 5.41) is 9.43. The first-order chi connectivity index (χ1) is 12.0. The predicted octanol–water partition coefficient (Wildman–Crippen LogP) is 6.02. The van der Waals surface area contributed by atoms with Gasteiger partial charge < -0.3 is 5.32 Å². The van der Waals surface area contributed by atoms with Crippen molar-refractivity contribution in [2.75, 3.05) is 5.32 Å². The van der Waals surface area contributed by atoms with E-state index in [4.69, 9.17) is 11.6 Å². The van der Waals surface area contributed by atoms with Crippen molar-refractivity contribution in [3.63, 3.8) is 0 Å². The van der Waals surface area contributed by atoms with Crippen LogP contribution in [0.4, 0.5) is 14.5 Å². The highest BCUT2D eigenvalue weighted by Gasteiger charge is 2.16. The van der Waals surface area contributed by atoms with Crippen LogP contribution < -0.4 is 5.32 Å². The summed E-state index contributed by atoms with van der Waals surface area (Å²) in [4.78, 5) is 16.8. The number of anilines is 1. The van der Waals surface area contributed by atoms with Crippen LogP contribution in [0.15, 0.2) is 45.3 Å². The van der Waals surface area contributed by atoms with Gasteiger partial charge in [0.1, 0.15) is 5.01 Å². The summed E-state index contributed by atoms with van der Waals surface area (Å²) in [6.45, 7) is 0. The number of thiophene rings is 1. The van der Waals surface area contributed by atoms with Crippen LogP contribution in [0.25, 0.3) is 10.6 Å². The molecule has 2 aromatic heterocycles. The molecule has 1 aromatic carbocycles. The van der Waals surface area contributed by atoms with Crippen molar-refractivity contribution in [3.05, 3.63) is 51.1 Å². The Hall–Kier alpha value is -1.48. The first-order valence-electron chi connectivity index (χ1n) is 7.03. The first-order valence-corrected chi connectivity index (χ1v) is 10.1. The highest BCUT2D eigenvalue weighted by molar-refractivity contribution is 7.99. The highest BCUT2D eigenvalue weighted by Crippen LogP contribution is 2.37. The maximum absolute atomic E-state index is 12.7. The SMILES string of the molecule is O=C(Cc1csc(-c2ccsc2)n1)Nc1cccc(Cl)c1SC(F)F. The van der Waals surface area contributed by atoms with E-state index in [1.54, 1.807) is 23.5 Å². The van der Waals surface area contributed by atoms with Crippen LogP contribution in [0.5, 0.6) is 0 Å². The van der Waals surface area contributed by atoms with Crippen molar-refractivity contribution in [1.29, 1.82) is 0 Å². The molecule has 3 aromatic rings. The van der Waals surface area contributed by atoms with Gasteiger partial charge in [-0.15, -0.1) is 11.3 Å². The summed E-state index contributed by atoms with van der Waals surface area (Å²) in [6, 6.07) is 6.62. The summed E-state index contributed by atoms with van der Waals surface area (Å²) in [6.07, 6.45) is 0.0614. The summed E-state index contributed by atoms with van der Waals surface area (Å²) in [5.41, 5.74) is 1.93. The lowest BCUT2D eigenvalue weighted by molar-refractivity contribution is -0.115. The number of nitrogens with zero attached hydrogens (tertiary/aromatic N) is 1. The van der Waals surface area contributed by atoms with Gasteiger partial charge in [-0.05, 0) is 23.6 Å². The smallest absolute Gasteiger partial charge is 0.289 e. The zero-order valence-corrected chi connectivity index (χ0v) is 15.7. The minimum atomic E-state index is -2.62. The molecule has 0 radical (unpaired) electrons. The Morgan fingerprint density at radius 1 is 1.32 bits per heavy atom. The Kier molecular flexibility index (Phi) is 6.06. The van der Waals surface area contributed by atoms with Gasteiger partial charge in [-0.25, -0.2) is 4.98 Å². The van der Waals surface area contributed by atoms with E-state index in [1.807, 2.05) is 22.2 Å². The number of thiazole rings is 1. The van der Waals surface area contributed by atoms with Crippen molar-refractivity contribution < 1.29 is 13.6 Å². The van der Waals surface area contributed by atoms with Gasteiger partial charge in [-0.3, -0.25) is 4.79 Å². The van der Waals surface area contributed by atoms with E-state index in [1.165, 1.54) is 17.4 Å². The Bertz CT molecular complexity index is 868. The van der Waals surface area contributed by atoms with Crippen molar-refractivity contribution in [2.45, 2.75) is 17.1 Å². The van der Waals surface area contributed by atoms with Gasteiger partial charge >= 0.3 is 0 Å². The summed E-state index contributed by atoms with van der Waals surface area (Å²) >= 11 is 9.31. The van der Waals surface area contributed by atoms with Crippen LogP contribution in [-0.4, -0.2) is 16.6 Å². The number of benzene rings is 1. The van der Waals surface area contributed by atoms with Gasteiger partial charge in [0.2, 0.25) is 5.91 Å². The molecule has 2 heterocycles. The molecule has 0 unspecified atom stereocenters. The topological polar surface area (TPSA) is 42.0 Å². The molecule has 3 nitrogen and oxygen atoms in total. The molecule has 1 N–H and O–H groups in total. The van der Waals surface area contributed by atoms with Crippen LogP contribution >= 0.6 is 46.0 Å². The molecule has 3 rings (SSSR count). The monoisotopic (exact) mass is 416 g/mol. The van der Waals surface area contributed by atoms with E-state index >= 15 is 0 Å². The van der Waals surface area contributed by atoms with Crippen molar-refractivity contribution in [3.8, 4) is 10.6 Å². The number of nitrogens with one attached hydrogen (secondary N) is 1. The van der Waals surface area contributed by atoms with Crippen LogP contribution in [0, 0.1) is 0 Å². The summed E-state index contributed by atoms with van der Waals surface area (Å²) in [5.74, 6) is -2.96. The zero-order valence-electron chi connectivity index (χ0n) is 12.5. The van der Waals surface area contributed by atoms with Crippen molar-refractivity contribution >= 4 is 57.6 Å². The third-order valence-corrected chi connectivity index (χ3v) is 6.01. The van der Waals surface area contributed by atoms with E-state index in [2.05, 4.69) is 10.3 Å². The van der Waals surface area contributed by atoms with Gasteiger partial charge in [0.05, 0.1) is 27.7 Å². The van der Waals surface area contributed by atoms with Crippen LogP contribution in [0.1, 0.15) is 5.69 Å². The van der Waals surface area contributed by atoms with Crippen molar-refractivity contribution in [2.24, 2.45) is 0 Å². The third kappa shape index (κ3) is 4.78. The van der Waals surface area contributed by atoms with Crippen LogP contribution in [-0.2, 0) is 11.2 Å². The number of carbonyl (C=O) groups is 1. The molecule has 0 atom stereocenters. The number of thioether (sulfide) groups is 1. The Morgan fingerprint density at radius 2 is 2.16 bits per heavy atom. The maximum atomic E-state index is 12.7. The fraction of sp³-hybridized carbons (Fsp3) is 0.125. The first kappa shape index (κ1) is 18.3. The minimum absolute atomic E-state index is 0.0614. The number of hydrogen-bond acceptors (Lipinski definition) is 5. The molecular formula is C16H11ClF2N2OS3. The lowest BCUT2D eigenvalue weighted by Gasteiger charge is -2.11. The van der Waals surface area contributed by atoms with E-state index in [0.29, 0.717) is 17.5 Å². The molecule has 9 heteroatoms. The number of halogens is 3. The molecule has 0 aliphatic carbocycles. The molecule has 0 fully saturated rings. The second-order valence-corrected chi connectivity index (χ2v) is 7.92. The fourth-order valence-corrected chi connectivity index (χ4v) is 4.53. The number of amides is 1. The predicted molar refractivity (Wildman–Crippen MR) is 101 cm³/mol. The van der Waals surface area contributed by atoms with Gasteiger partial charge in [0.15, 0.2) is 0 Å². The van der Waals surface area contributed by atoms with Crippen LogP contribution in [0.2, 0.25) is 5.02 Å². The molecule has 0 aliphatic heterocycles. The van der Waals surface area contributed by atoms with E-state index < -0.39 is 5.76 Å². The third-order valence-electron chi connectivity index (χ3n) is 3.11. The standard InChI is InChI=1S/C16H11ClF2N2OS3/c17-11-2-1-3-12(14(11)25-16(18)19)21-13(22)6-10-8-24-15(20-10)9-4-5-23-7-9/h1-5,7-8,16H,6H2,(H,21,22). The van der Waals surface area contributed by atoms with Crippen molar-refractivity contribution in [1.82, 2.24) is 4.98 Å². The largest absolute Gasteiger partial charge is 0.325 e. The lowest BCUT2D eigenvalue weighted by Crippen LogP contribution is -2.15. The van der Waals surface area contributed by atoms with Gasteiger partial charge in [0.25, 0.3) is 5.76 Å². The maximum Gasteiger partial charge on any atom is 0.289 e. The Morgan fingerprint density at radius 3 is 2.88 bits per heavy atom. The van der Waals surface area contributed by atoms with E-state index in [-0.39, 0.29) is 27.9 Å². The second-order valence-electron chi connectivity index (χ2n) is 4.88. The lowest BCUT2D eigenvalue weighted by atomic mass is 10.2. The number of carbonyl (C=O) groups excluding carboxylic acids is 1. The second kappa shape index (κ2) is 8.27. The molecule has 0 bridgehead atoms. The normalized spacial score (nSPS) is 11.0. The average Bonchev–Trinajstić information content (AvgIpc) is 3.21. The number of alkyl halides is 2. The average molecular weight is 417 g/mol. The molecule has 0 saturated carbocycles. The molecule has 1 amide bonds. The molecule has 0 spiro atoms. The fourth-order valence-electron chi connectivity index (χ4n) is 2.08. The quantitative estimate of drug-likeness (QED) is 0.499. The Balaban J connectivity index is 1.70. The Labute approximate surface area is 160 Å². The number of hydrogen-bond donors (Lipinski definition) is 1. The molecule has 130 valence electrons. The van der Waals surface area contributed by atoms with Gasteiger partial charge in [-0.2, -0.15) is 20.1 Å². The summed E-state index contributed by atoms with van der Waals surface area (Å²) < 4.78 is 25.4. The molecular weight excluding hydrogens is 406 g/mol. The zero-order chi connectivity index (χ0) is 17.8. The molecule has 25 heavy (non-hydrogen) atoms. The van der Waals surface area contributed by atoms with Gasteiger partial charge in [0, 0.05) is 16.3 Å². The molecule has 0 aliphatic rings. The van der Waals surface area contributed by atoms with E-state index in [9.17, 15) is 13.6 Å². The number of aromatic nitrogens is 1. The summed E-state index contributed by atoms with van der Waals surface area (Å²) in [7, 11) is 0. The van der Waals surface area contributed by atoms with Gasteiger partial charge in [-0.1, -0.05) is 29.4 Å². The minimum Gasteiger partial charge on any atom is -0.325 e. The van der Waals surface area contributed by atoms with E-state index in [0.717, 1.165) is 10.6 Å². The molecule has 0 saturated heterocycles. The van der Waals surface area contributed by atoms with Crippen LogP contribution in [0.3, 0.4) is 0 Å². The highest BCUT2D eigenvalue weighted by atomic mass is 35.5.